The maximum absolute atomic E-state index is 12.8. The molecule has 6 heteroatoms. The van der Waals surface area contributed by atoms with Gasteiger partial charge in [0.2, 0.25) is 0 Å². The first kappa shape index (κ1) is 10.2. The molecule has 0 aliphatic carbocycles. The van der Waals surface area contributed by atoms with Crippen molar-refractivity contribution >= 4 is 38.5 Å². The Morgan fingerprint density at radius 3 is 2.50 bits per heavy atom. The standard InChI is InChI=1S/C6H2BrF3IN/c7-4-2(8)1-3(5(9)10)12-6(4)11/h1,5H. The SMILES string of the molecule is Fc1cc(C(F)F)nc(I)c1Br. The summed E-state index contributed by atoms with van der Waals surface area (Å²) in [5, 5.41) is 0. The summed E-state index contributed by atoms with van der Waals surface area (Å²) < 4.78 is 37.1. The van der Waals surface area contributed by atoms with Crippen LogP contribution in [-0.2, 0) is 0 Å². The summed E-state index contributed by atoms with van der Waals surface area (Å²) in [6.45, 7) is 0. The molecule has 66 valence electrons. The molecule has 1 heterocycles. The predicted molar refractivity (Wildman–Crippen MR) is 49.6 cm³/mol. The molecule has 0 saturated heterocycles. The second-order valence-electron chi connectivity index (χ2n) is 1.93. The Balaban J connectivity index is 3.21. The Labute approximate surface area is 88.6 Å². The van der Waals surface area contributed by atoms with Gasteiger partial charge in [0, 0.05) is 6.07 Å². The number of hydrogen-bond donors (Lipinski definition) is 0. The molecule has 0 aliphatic heterocycles. The Bertz CT molecular complexity index is 282. The van der Waals surface area contributed by atoms with Crippen LogP contribution in [0.25, 0.3) is 0 Å². The van der Waals surface area contributed by atoms with Crippen LogP contribution in [0, 0.1) is 9.52 Å². The number of aromatic nitrogens is 1. The summed E-state index contributed by atoms with van der Waals surface area (Å²) in [5.74, 6) is -0.718. The van der Waals surface area contributed by atoms with Gasteiger partial charge in [-0.3, -0.25) is 0 Å². The van der Waals surface area contributed by atoms with Crippen LogP contribution in [-0.4, -0.2) is 4.98 Å². The van der Waals surface area contributed by atoms with Crippen molar-refractivity contribution in [1.82, 2.24) is 4.98 Å². The predicted octanol–water partition coefficient (Wildman–Crippen LogP) is 3.53. The minimum Gasteiger partial charge on any atom is -0.239 e. The van der Waals surface area contributed by atoms with Crippen molar-refractivity contribution < 1.29 is 13.2 Å². The highest BCUT2D eigenvalue weighted by Gasteiger charge is 2.14. The molecule has 12 heavy (non-hydrogen) atoms. The van der Waals surface area contributed by atoms with Crippen molar-refractivity contribution in [3.63, 3.8) is 0 Å². The molecular weight excluding hydrogens is 350 g/mol. The van der Waals surface area contributed by atoms with Gasteiger partial charge in [-0.1, -0.05) is 0 Å². The molecule has 1 aromatic rings. The number of halogens is 5. The van der Waals surface area contributed by atoms with Gasteiger partial charge >= 0.3 is 0 Å². The van der Waals surface area contributed by atoms with Gasteiger partial charge in [0.1, 0.15) is 15.2 Å². The lowest BCUT2D eigenvalue weighted by Crippen LogP contribution is -1.96. The molecule has 0 unspecified atom stereocenters. The fraction of sp³-hybridized carbons (Fsp3) is 0.167. The summed E-state index contributed by atoms with van der Waals surface area (Å²) >= 11 is 4.55. The van der Waals surface area contributed by atoms with E-state index in [0.29, 0.717) is 0 Å². The molecule has 0 bridgehead atoms. The first-order valence-corrected chi connectivity index (χ1v) is 4.69. The molecule has 0 amide bonds. The van der Waals surface area contributed by atoms with E-state index in [9.17, 15) is 13.2 Å². The molecule has 1 nitrogen and oxygen atoms in total. The third-order valence-electron chi connectivity index (χ3n) is 1.12. The zero-order chi connectivity index (χ0) is 9.30. The quantitative estimate of drug-likeness (QED) is 0.557. The molecule has 0 aromatic carbocycles. The summed E-state index contributed by atoms with van der Waals surface area (Å²) in [7, 11) is 0. The maximum Gasteiger partial charge on any atom is 0.280 e. The van der Waals surface area contributed by atoms with E-state index in [1.807, 2.05) is 0 Å². The monoisotopic (exact) mass is 351 g/mol. The summed E-state index contributed by atoms with van der Waals surface area (Å²) in [6.07, 6.45) is -2.74. The van der Waals surface area contributed by atoms with Crippen LogP contribution in [0.2, 0.25) is 0 Å². The third-order valence-corrected chi connectivity index (χ3v) is 3.39. The van der Waals surface area contributed by atoms with Gasteiger partial charge in [0.15, 0.2) is 0 Å². The average Bonchev–Trinajstić information content (AvgIpc) is 1.99. The van der Waals surface area contributed by atoms with E-state index >= 15 is 0 Å². The van der Waals surface area contributed by atoms with Gasteiger partial charge in [-0.15, -0.1) is 0 Å². The van der Waals surface area contributed by atoms with Crippen molar-refractivity contribution in [2.24, 2.45) is 0 Å². The fourth-order valence-electron chi connectivity index (χ4n) is 0.598. The smallest absolute Gasteiger partial charge is 0.239 e. The van der Waals surface area contributed by atoms with E-state index in [1.165, 1.54) is 0 Å². The lowest BCUT2D eigenvalue weighted by Gasteiger charge is -2.01. The number of alkyl halides is 2. The molecule has 0 N–H and O–H groups in total. The summed E-state index contributed by atoms with van der Waals surface area (Å²) in [4.78, 5) is 3.48. The molecule has 0 spiro atoms. The van der Waals surface area contributed by atoms with Gasteiger partial charge in [-0.25, -0.2) is 18.2 Å². The Morgan fingerprint density at radius 2 is 2.08 bits per heavy atom. The Hall–Kier alpha value is 0.150. The molecule has 1 aromatic heterocycles. The van der Waals surface area contributed by atoms with Crippen molar-refractivity contribution in [1.29, 1.82) is 0 Å². The lowest BCUT2D eigenvalue weighted by molar-refractivity contribution is 0.145. The maximum atomic E-state index is 12.8. The molecule has 0 fully saturated rings. The van der Waals surface area contributed by atoms with E-state index in [4.69, 9.17) is 0 Å². The van der Waals surface area contributed by atoms with Crippen LogP contribution < -0.4 is 0 Å². The molecule has 0 aliphatic rings. The highest BCUT2D eigenvalue weighted by molar-refractivity contribution is 14.1. The van der Waals surface area contributed by atoms with Gasteiger partial charge in [-0.2, -0.15) is 0 Å². The molecule has 0 atom stereocenters. The highest BCUT2D eigenvalue weighted by Crippen LogP contribution is 2.25. The first-order chi connectivity index (χ1) is 5.52. The summed E-state index contributed by atoms with van der Waals surface area (Å²) in [6, 6.07) is 0.719. The Morgan fingerprint density at radius 1 is 1.50 bits per heavy atom. The minimum atomic E-state index is -2.74. The second kappa shape index (κ2) is 3.91. The number of nitrogens with zero attached hydrogens (tertiary/aromatic N) is 1. The van der Waals surface area contributed by atoms with Crippen LogP contribution in [0.4, 0.5) is 13.2 Å². The van der Waals surface area contributed by atoms with Gasteiger partial charge in [0.05, 0.1) is 4.47 Å². The van der Waals surface area contributed by atoms with Gasteiger partial charge in [0.25, 0.3) is 6.43 Å². The third kappa shape index (κ3) is 2.09. The topological polar surface area (TPSA) is 12.9 Å². The van der Waals surface area contributed by atoms with Gasteiger partial charge in [-0.05, 0) is 38.5 Å². The van der Waals surface area contributed by atoms with Crippen molar-refractivity contribution in [2.45, 2.75) is 6.43 Å². The average molecular weight is 352 g/mol. The van der Waals surface area contributed by atoms with E-state index < -0.39 is 17.9 Å². The van der Waals surface area contributed by atoms with E-state index in [-0.39, 0.29) is 8.17 Å². The van der Waals surface area contributed by atoms with Crippen LogP contribution in [0.5, 0.6) is 0 Å². The number of pyridine rings is 1. The van der Waals surface area contributed by atoms with E-state index in [2.05, 4.69) is 20.9 Å². The zero-order valence-electron chi connectivity index (χ0n) is 5.49. The number of rotatable bonds is 1. The molecular formula is C6H2BrF3IN. The van der Waals surface area contributed by atoms with Crippen molar-refractivity contribution in [3.05, 3.63) is 25.8 Å². The van der Waals surface area contributed by atoms with Crippen molar-refractivity contribution in [2.75, 3.05) is 0 Å². The van der Waals surface area contributed by atoms with E-state index in [1.54, 1.807) is 22.6 Å². The van der Waals surface area contributed by atoms with E-state index in [0.717, 1.165) is 6.07 Å². The minimum absolute atomic E-state index is 0.118. The lowest BCUT2D eigenvalue weighted by atomic mass is 10.3. The molecule has 0 radical (unpaired) electrons. The molecule has 0 saturated carbocycles. The zero-order valence-corrected chi connectivity index (χ0v) is 9.24. The first-order valence-electron chi connectivity index (χ1n) is 2.82. The normalized spacial score (nSPS) is 10.8. The largest absolute Gasteiger partial charge is 0.280 e. The fourth-order valence-corrected chi connectivity index (χ4v) is 1.34. The molecule has 1 rings (SSSR count). The second-order valence-corrected chi connectivity index (χ2v) is 3.75. The van der Waals surface area contributed by atoms with Gasteiger partial charge < -0.3 is 0 Å². The van der Waals surface area contributed by atoms with Crippen LogP contribution in [0.3, 0.4) is 0 Å². The Kier molecular flexibility index (Phi) is 3.33. The van der Waals surface area contributed by atoms with Crippen LogP contribution >= 0.6 is 38.5 Å². The highest BCUT2D eigenvalue weighted by atomic mass is 127. The van der Waals surface area contributed by atoms with Crippen LogP contribution in [0.15, 0.2) is 10.5 Å². The number of hydrogen-bond acceptors (Lipinski definition) is 1. The summed E-state index contributed by atoms with van der Waals surface area (Å²) in [5.41, 5.74) is -0.542. The van der Waals surface area contributed by atoms with Crippen LogP contribution in [0.1, 0.15) is 12.1 Å². The van der Waals surface area contributed by atoms with Crippen molar-refractivity contribution in [3.8, 4) is 0 Å².